The first kappa shape index (κ1) is 22.2. The van der Waals surface area contributed by atoms with Crippen LogP contribution in [-0.4, -0.2) is 27.1 Å². The molecule has 3 aromatic carbocycles. The van der Waals surface area contributed by atoms with Gasteiger partial charge in [-0.1, -0.05) is 68.3 Å². The summed E-state index contributed by atoms with van der Waals surface area (Å²) in [4.78, 5) is 12.6. The zero-order valence-electron chi connectivity index (χ0n) is 15.6. The average Bonchev–Trinajstić information content (AvgIpc) is 2.74. The van der Waals surface area contributed by atoms with Crippen molar-refractivity contribution in [2.24, 2.45) is 5.10 Å². The molecule has 9 heteroatoms. The van der Waals surface area contributed by atoms with E-state index in [1.807, 2.05) is 24.3 Å². The van der Waals surface area contributed by atoms with E-state index in [-0.39, 0.29) is 4.90 Å². The SMILES string of the molecule is O=C(CN(c1cccc(Br)c1)S(=O)(=O)c1ccccc1)N/N=C\c1ccc(Br)cc1. The predicted molar refractivity (Wildman–Crippen MR) is 125 cm³/mol. The number of carbonyl (C=O) groups excluding carboxylic acids is 1. The number of hydrogen-bond donors (Lipinski definition) is 1. The van der Waals surface area contributed by atoms with Crippen molar-refractivity contribution in [3.8, 4) is 0 Å². The van der Waals surface area contributed by atoms with E-state index in [1.54, 1.807) is 42.5 Å². The molecule has 0 aliphatic carbocycles. The number of benzene rings is 3. The third kappa shape index (κ3) is 5.78. The number of hydrazone groups is 1. The molecule has 0 atom stereocenters. The minimum atomic E-state index is -3.95. The third-order valence-corrected chi connectivity index (χ3v) is 6.80. The van der Waals surface area contributed by atoms with Crippen LogP contribution in [0.2, 0.25) is 0 Å². The fourth-order valence-electron chi connectivity index (χ4n) is 2.56. The van der Waals surface area contributed by atoms with Crippen molar-refractivity contribution in [3.05, 3.63) is 93.4 Å². The second-order valence-corrected chi connectivity index (χ2v) is 9.84. The topological polar surface area (TPSA) is 78.8 Å². The van der Waals surface area contributed by atoms with E-state index in [1.165, 1.54) is 18.3 Å². The van der Waals surface area contributed by atoms with Crippen molar-refractivity contribution in [1.29, 1.82) is 0 Å². The number of sulfonamides is 1. The monoisotopic (exact) mass is 549 g/mol. The van der Waals surface area contributed by atoms with E-state index < -0.39 is 22.5 Å². The summed E-state index contributed by atoms with van der Waals surface area (Å²) in [5.74, 6) is -0.567. The summed E-state index contributed by atoms with van der Waals surface area (Å²) in [6.07, 6.45) is 1.49. The Hall–Kier alpha value is -2.49. The standard InChI is InChI=1S/C21H17Br2N3O3S/c22-17-11-9-16(10-12-17)14-24-25-21(27)15-26(19-6-4-5-18(23)13-19)30(28,29)20-7-2-1-3-8-20/h1-14H,15H2,(H,25,27)/b24-14-. The number of rotatable bonds is 7. The van der Waals surface area contributed by atoms with Gasteiger partial charge in [0.25, 0.3) is 15.9 Å². The van der Waals surface area contributed by atoms with Crippen LogP contribution in [0.5, 0.6) is 0 Å². The summed E-state index contributed by atoms with van der Waals surface area (Å²) in [7, 11) is -3.95. The van der Waals surface area contributed by atoms with Crippen LogP contribution in [0.15, 0.2) is 97.8 Å². The third-order valence-electron chi connectivity index (χ3n) is 3.99. The van der Waals surface area contributed by atoms with Crippen molar-refractivity contribution in [2.75, 3.05) is 10.8 Å². The average molecular weight is 551 g/mol. The Labute approximate surface area is 191 Å². The highest BCUT2D eigenvalue weighted by molar-refractivity contribution is 9.10. The molecule has 0 aromatic heterocycles. The lowest BCUT2D eigenvalue weighted by atomic mass is 10.2. The van der Waals surface area contributed by atoms with E-state index in [0.717, 1.165) is 14.3 Å². The smallest absolute Gasteiger partial charge is 0.264 e. The Morgan fingerprint density at radius 3 is 2.30 bits per heavy atom. The van der Waals surface area contributed by atoms with E-state index in [4.69, 9.17) is 0 Å². The summed E-state index contributed by atoms with van der Waals surface area (Å²) < 4.78 is 29.1. The van der Waals surface area contributed by atoms with Gasteiger partial charge in [0.1, 0.15) is 6.54 Å². The van der Waals surface area contributed by atoms with Crippen molar-refractivity contribution >= 4 is 59.7 Å². The highest BCUT2D eigenvalue weighted by atomic mass is 79.9. The number of nitrogens with one attached hydrogen (secondary N) is 1. The van der Waals surface area contributed by atoms with E-state index in [0.29, 0.717) is 10.2 Å². The Kier molecular flexibility index (Phi) is 7.41. The second-order valence-electron chi connectivity index (χ2n) is 6.15. The van der Waals surface area contributed by atoms with E-state index in [2.05, 4.69) is 42.4 Å². The van der Waals surface area contributed by atoms with Crippen LogP contribution in [0.4, 0.5) is 5.69 Å². The van der Waals surface area contributed by atoms with Gasteiger partial charge in [0, 0.05) is 8.95 Å². The number of anilines is 1. The van der Waals surface area contributed by atoms with Crippen LogP contribution in [0.25, 0.3) is 0 Å². The number of nitrogens with zero attached hydrogens (tertiary/aromatic N) is 2. The summed E-state index contributed by atoms with van der Waals surface area (Å²) in [6.45, 7) is -0.425. The zero-order valence-corrected chi connectivity index (χ0v) is 19.6. The lowest BCUT2D eigenvalue weighted by molar-refractivity contribution is -0.119. The number of halogens is 2. The molecule has 1 N–H and O–H groups in total. The molecular formula is C21H17Br2N3O3S. The van der Waals surface area contributed by atoms with E-state index >= 15 is 0 Å². The maximum Gasteiger partial charge on any atom is 0.264 e. The van der Waals surface area contributed by atoms with Gasteiger partial charge in [-0.2, -0.15) is 5.10 Å². The number of hydrogen-bond acceptors (Lipinski definition) is 4. The Morgan fingerprint density at radius 1 is 0.933 bits per heavy atom. The van der Waals surface area contributed by atoms with Gasteiger partial charge in [0.05, 0.1) is 16.8 Å². The molecule has 0 bridgehead atoms. The van der Waals surface area contributed by atoms with Crippen LogP contribution < -0.4 is 9.73 Å². The van der Waals surface area contributed by atoms with Gasteiger partial charge in [-0.25, -0.2) is 13.8 Å². The summed E-state index contributed by atoms with van der Waals surface area (Å²) in [5, 5.41) is 3.92. The normalized spacial score (nSPS) is 11.4. The van der Waals surface area contributed by atoms with Gasteiger partial charge in [-0.15, -0.1) is 0 Å². The predicted octanol–water partition coefficient (Wildman–Crippen LogP) is 4.56. The highest BCUT2D eigenvalue weighted by Gasteiger charge is 2.27. The van der Waals surface area contributed by atoms with Gasteiger partial charge in [0.2, 0.25) is 0 Å². The van der Waals surface area contributed by atoms with E-state index in [9.17, 15) is 13.2 Å². The lowest BCUT2D eigenvalue weighted by Gasteiger charge is -2.23. The molecule has 0 aliphatic rings. The van der Waals surface area contributed by atoms with Crippen LogP contribution >= 0.6 is 31.9 Å². The maximum absolute atomic E-state index is 13.2. The molecule has 0 saturated carbocycles. The molecule has 0 heterocycles. The van der Waals surface area contributed by atoms with Crippen molar-refractivity contribution in [1.82, 2.24) is 5.43 Å². The van der Waals surface area contributed by atoms with Gasteiger partial charge < -0.3 is 0 Å². The fraction of sp³-hybridized carbons (Fsp3) is 0.0476. The largest absolute Gasteiger partial charge is 0.271 e. The Balaban J connectivity index is 1.82. The first-order valence-corrected chi connectivity index (χ1v) is 11.8. The van der Waals surface area contributed by atoms with Gasteiger partial charge in [-0.3, -0.25) is 9.10 Å². The highest BCUT2D eigenvalue weighted by Crippen LogP contribution is 2.26. The molecule has 30 heavy (non-hydrogen) atoms. The van der Waals surface area contributed by atoms with Crippen LogP contribution in [0, 0.1) is 0 Å². The molecule has 0 unspecified atom stereocenters. The van der Waals surface area contributed by atoms with Crippen LogP contribution in [0.1, 0.15) is 5.56 Å². The molecule has 0 saturated heterocycles. The Morgan fingerprint density at radius 2 is 1.63 bits per heavy atom. The molecule has 3 rings (SSSR count). The first-order chi connectivity index (χ1) is 14.4. The first-order valence-electron chi connectivity index (χ1n) is 8.77. The van der Waals surface area contributed by atoms with Gasteiger partial charge >= 0.3 is 0 Å². The zero-order chi connectivity index (χ0) is 21.6. The molecule has 154 valence electrons. The maximum atomic E-state index is 13.2. The van der Waals surface area contributed by atoms with Crippen LogP contribution in [0.3, 0.4) is 0 Å². The van der Waals surface area contributed by atoms with Gasteiger partial charge in [-0.05, 0) is 48.0 Å². The number of carbonyl (C=O) groups is 1. The fourth-order valence-corrected chi connectivity index (χ4v) is 4.64. The minimum absolute atomic E-state index is 0.0936. The van der Waals surface area contributed by atoms with Crippen molar-refractivity contribution in [2.45, 2.75) is 4.90 Å². The molecule has 0 fully saturated rings. The second kappa shape index (κ2) is 10.0. The minimum Gasteiger partial charge on any atom is -0.271 e. The van der Waals surface area contributed by atoms with Crippen molar-refractivity contribution < 1.29 is 13.2 Å². The molecule has 1 amide bonds. The quantitative estimate of drug-likeness (QED) is 0.346. The Bertz CT molecular complexity index is 1150. The lowest BCUT2D eigenvalue weighted by Crippen LogP contribution is -2.39. The summed E-state index contributed by atoms with van der Waals surface area (Å²) in [6, 6.07) is 22.1. The molecule has 0 radical (unpaired) electrons. The molecule has 6 nitrogen and oxygen atoms in total. The van der Waals surface area contributed by atoms with Gasteiger partial charge in [0.15, 0.2) is 0 Å². The summed E-state index contributed by atoms with van der Waals surface area (Å²) >= 11 is 6.69. The molecular weight excluding hydrogens is 534 g/mol. The molecule has 0 aliphatic heterocycles. The molecule has 3 aromatic rings. The number of amides is 1. The van der Waals surface area contributed by atoms with Crippen molar-refractivity contribution in [3.63, 3.8) is 0 Å². The summed E-state index contributed by atoms with van der Waals surface area (Å²) in [5.41, 5.74) is 3.54. The van der Waals surface area contributed by atoms with Crippen LogP contribution in [-0.2, 0) is 14.8 Å². The molecule has 0 spiro atoms.